The van der Waals surface area contributed by atoms with Crippen molar-refractivity contribution >= 4 is 27.7 Å². The number of carbonyl (C=O) groups excluding carboxylic acids is 1. The maximum atomic E-state index is 11.6. The van der Waals surface area contributed by atoms with E-state index in [-0.39, 0.29) is 18.0 Å². The van der Waals surface area contributed by atoms with E-state index in [1.165, 1.54) is 6.20 Å². The summed E-state index contributed by atoms with van der Waals surface area (Å²) < 4.78 is 5.87. The van der Waals surface area contributed by atoms with Gasteiger partial charge in [-0.3, -0.25) is 0 Å². The fourth-order valence-electron chi connectivity index (χ4n) is 1.77. The third kappa shape index (κ3) is 2.96. The van der Waals surface area contributed by atoms with E-state index in [0.29, 0.717) is 5.82 Å². The number of halogens is 1. The van der Waals surface area contributed by atoms with Gasteiger partial charge in [0.1, 0.15) is 11.4 Å². The summed E-state index contributed by atoms with van der Waals surface area (Å²) in [6.45, 7) is 3.97. The monoisotopic (exact) mass is 335 g/mol. The van der Waals surface area contributed by atoms with Crippen molar-refractivity contribution in [3.8, 4) is 11.4 Å². The average Bonchev–Trinajstić information content (AvgIpc) is 2.38. The average molecular weight is 336 g/mol. The van der Waals surface area contributed by atoms with Crippen LogP contribution in [0.25, 0.3) is 11.4 Å². The quantitative estimate of drug-likeness (QED) is 0.872. The third-order valence-corrected chi connectivity index (χ3v) is 3.24. The number of hydrogen-bond donors (Lipinski definition) is 1. The maximum absolute atomic E-state index is 11.6. The molecule has 2 N–H and O–H groups in total. The number of hydrogen-bond acceptors (Lipinski definition) is 5. The molecular weight excluding hydrogens is 322 g/mol. The van der Waals surface area contributed by atoms with Crippen molar-refractivity contribution in [2.75, 3.05) is 12.3 Å². The van der Waals surface area contributed by atoms with Crippen molar-refractivity contribution < 1.29 is 9.53 Å². The Labute approximate surface area is 125 Å². The number of nitrogens with zero attached hydrogens (tertiary/aromatic N) is 2. The number of aryl methyl sites for hydroxylation is 1. The molecule has 0 fully saturated rings. The number of benzene rings is 1. The third-order valence-electron chi connectivity index (χ3n) is 2.74. The minimum Gasteiger partial charge on any atom is -0.462 e. The summed E-state index contributed by atoms with van der Waals surface area (Å²) in [4.78, 5) is 20.0. The highest BCUT2D eigenvalue weighted by atomic mass is 79.9. The van der Waals surface area contributed by atoms with Crippen LogP contribution in [-0.2, 0) is 4.74 Å². The van der Waals surface area contributed by atoms with E-state index in [2.05, 4.69) is 25.9 Å². The fraction of sp³-hybridized carbons (Fsp3) is 0.214. The van der Waals surface area contributed by atoms with Crippen LogP contribution in [0.4, 0.5) is 5.82 Å². The molecular formula is C14H14BrN3O2. The lowest BCUT2D eigenvalue weighted by molar-refractivity contribution is 0.0527. The molecule has 2 aromatic rings. The largest absolute Gasteiger partial charge is 0.462 e. The summed E-state index contributed by atoms with van der Waals surface area (Å²) in [5.74, 6) is 0.0976. The first kappa shape index (κ1) is 14.5. The molecule has 5 nitrogen and oxygen atoms in total. The molecule has 0 unspecified atom stereocenters. The predicted molar refractivity (Wildman–Crippen MR) is 80.3 cm³/mol. The Kier molecular flexibility index (Phi) is 4.34. The van der Waals surface area contributed by atoms with Crippen molar-refractivity contribution in [3.63, 3.8) is 0 Å². The highest BCUT2D eigenvalue weighted by molar-refractivity contribution is 9.10. The molecule has 104 valence electrons. The Morgan fingerprint density at radius 2 is 2.20 bits per heavy atom. The molecule has 0 aliphatic heterocycles. The number of rotatable bonds is 3. The van der Waals surface area contributed by atoms with E-state index in [1.54, 1.807) is 6.92 Å². The van der Waals surface area contributed by atoms with Crippen LogP contribution in [0, 0.1) is 6.92 Å². The molecule has 0 saturated carbocycles. The molecule has 0 spiro atoms. The van der Waals surface area contributed by atoms with Gasteiger partial charge in [-0.05, 0) is 37.6 Å². The standard InChI is InChI=1S/C14H14BrN3O2/c1-3-20-14(19)11-7-17-13(18-12(11)16)10-5-4-9(15)6-8(10)2/h4-7H,3H2,1-2H3,(H2,16,17,18). The summed E-state index contributed by atoms with van der Waals surface area (Å²) >= 11 is 3.40. The molecule has 0 atom stereocenters. The van der Waals surface area contributed by atoms with Crippen LogP contribution in [0.5, 0.6) is 0 Å². The lowest BCUT2D eigenvalue weighted by Crippen LogP contribution is -2.10. The molecule has 0 aliphatic carbocycles. The molecule has 1 aromatic carbocycles. The molecule has 0 aliphatic rings. The van der Waals surface area contributed by atoms with E-state index in [9.17, 15) is 4.79 Å². The fourth-order valence-corrected chi connectivity index (χ4v) is 2.24. The zero-order valence-electron chi connectivity index (χ0n) is 11.2. The summed E-state index contributed by atoms with van der Waals surface area (Å²) in [6.07, 6.45) is 1.40. The molecule has 2 rings (SSSR count). The van der Waals surface area contributed by atoms with Crippen molar-refractivity contribution in [2.45, 2.75) is 13.8 Å². The van der Waals surface area contributed by atoms with E-state index in [4.69, 9.17) is 10.5 Å². The molecule has 6 heteroatoms. The maximum Gasteiger partial charge on any atom is 0.343 e. The number of carbonyl (C=O) groups is 1. The Morgan fingerprint density at radius 1 is 1.45 bits per heavy atom. The zero-order chi connectivity index (χ0) is 14.7. The van der Waals surface area contributed by atoms with Gasteiger partial charge in [0, 0.05) is 16.2 Å². The van der Waals surface area contributed by atoms with Gasteiger partial charge in [0.2, 0.25) is 0 Å². The number of nitrogens with two attached hydrogens (primary N) is 1. The van der Waals surface area contributed by atoms with Gasteiger partial charge in [0.25, 0.3) is 0 Å². The zero-order valence-corrected chi connectivity index (χ0v) is 12.8. The first-order chi connectivity index (χ1) is 9.52. The summed E-state index contributed by atoms with van der Waals surface area (Å²) in [7, 11) is 0. The summed E-state index contributed by atoms with van der Waals surface area (Å²) in [6, 6.07) is 5.77. The van der Waals surface area contributed by atoms with Gasteiger partial charge in [0.15, 0.2) is 5.82 Å². The lowest BCUT2D eigenvalue weighted by Gasteiger charge is -2.08. The second-order valence-corrected chi connectivity index (χ2v) is 5.09. The van der Waals surface area contributed by atoms with Crippen LogP contribution >= 0.6 is 15.9 Å². The molecule has 1 heterocycles. The first-order valence-corrected chi connectivity index (χ1v) is 6.88. The Hall–Kier alpha value is -1.95. The van der Waals surface area contributed by atoms with Gasteiger partial charge >= 0.3 is 5.97 Å². The summed E-state index contributed by atoms with van der Waals surface area (Å²) in [5, 5.41) is 0. The van der Waals surface area contributed by atoms with Crippen molar-refractivity contribution in [1.82, 2.24) is 9.97 Å². The van der Waals surface area contributed by atoms with Gasteiger partial charge in [-0.2, -0.15) is 0 Å². The van der Waals surface area contributed by atoms with Gasteiger partial charge in [-0.1, -0.05) is 15.9 Å². The van der Waals surface area contributed by atoms with Crippen LogP contribution in [-0.4, -0.2) is 22.5 Å². The normalized spacial score (nSPS) is 10.3. The van der Waals surface area contributed by atoms with Gasteiger partial charge in [-0.25, -0.2) is 14.8 Å². The van der Waals surface area contributed by atoms with Crippen LogP contribution in [0.1, 0.15) is 22.8 Å². The van der Waals surface area contributed by atoms with Gasteiger partial charge in [0.05, 0.1) is 6.61 Å². The highest BCUT2D eigenvalue weighted by Crippen LogP contribution is 2.24. The van der Waals surface area contributed by atoms with Gasteiger partial charge < -0.3 is 10.5 Å². The molecule has 0 radical (unpaired) electrons. The highest BCUT2D eigenvalue weighted by Gasteiger charge is 2.15. The van der Waals surface area contributed by atoms with Crippen molar-refractivity contribution in [1.29, 1.82) is 0 Å². The Balaban J connectivity index is 2.40. The SMILES string of the molecule is CCOC(=O)c1cnc(-c2ccc(Br)cc2C)nc1N. The van der Waals surface area contributed by atoms with E-state index in [0.717, 1.165) is 15.6 Å². The molecule has 1 aromatic heterocycles. The Bertz CT molecular complexity index is 659. The van der Waals surface area contributed by atoms with Crippen LogP contribution in [0.3, 0.4) is 0 Å². The van der Waals surface area contributed by atoms with Crippen LogP contribution in [0.2, 0.25) is 0 Å². The van der Waals surface area contributed by atoms with E-state index < -0.39 is 5.97 Å². The van der Waals surface area contributed by atoms with Crippen molar-refractivity contribution in [2.24, 2.45) is 0 Å². The number of ether oxygens (including phenoxy) is 1. The minimum absolute atomic E-state index is 0.121. The lowest BCUT2D eigenvalue weighted by atomic mass is 10.1. The Morgan fingerprint density at radius 3 is 2.80 bits per heavy atom. The molecule has 0 amide bonds. The van der Waals surface area contributed by atoms with E-state index >= 15 is 0 Å². The van der Waals surface area contributed by atoms with E-state index in [1.807, 2.05) is 25.1 Å². The minimum atomic E-state index is -0.510. The summed E-state index contributed by atoms with van der Waals surface area (Å²) in [5.41, 5.74) is 7.88. The van der Waals surface area contributed by atoms with Crippen LogP contribution < -0.4 is 5.73 Å². The number of esters is 1. The first-order valence-electron chi connectivity index (χ1n) is 6.09. The van der Waals surface area contributed by atoms with Crippen molar-refractivity contribution in [3.05, 3.63) is 40.0 Å². The predicted octanol–water partition coefficient (Wildman–Crippen LogP) is 2.97. The molecule has 20 heavy (non-hydrogen) atoms. The second-order valence-electron chi connectivity index (χ2n) is 4.17. The van der Waals surface area contributed by atoms with Crippen LogP contribution in [0.15, 0.2) is 28.9 Å². The number of aromatic nitrogens is 2. The molecule has 0 saturated heterocycles. The molecule has 0 bridgehead atoms. The number of nitrogen functional groups attached to an aromatic ring is 1. The smallest absolute Gasteiger partial charge is 0.343 e. The number of anilines is 1. The second kappa shape index (κ2) is 6.00. The topological polar surface area (TPSA) is 78.1 Å². The van der Waals surface area contributed by atoms with Gasteiger partial charge in [-0.15, -0.1) is 0 Å².